The predicted octanol–water partition coefficient (Wildman–Crippen LogP) is 2.95. The van der Waals surface area contributed by atoms with E-state index in [2.05, 4.69) is 10.3 Å². The van der Waals surface area contributed by atoms with E-state index in [-0.39, 0.29) is 30.6 Å². The zero-order chi connectivity index (χ0) is 15.2. The summed E-state index contributed by atoms with van der Waals surface area (Å²) in [4.78, 5) is 27.1. The van der Waals surface area contributed by atoms with Crippen molar-refractivity contribution in [2.45, 2.75) is 26.7 Å². The SMILES string of the molecule is CCC(=O)Oc1csc(NC(=O)Cc2cccc(C)c2)n1. The summed E-state index contributed by atoms with van der Waals surface area (Å²) in [5, 5.41) is 4.71. The summed E-state index contributed by atoms with van der Waals surface area (Å²) in [6, 6.07) is 7.78. The Morgan fingerprint density at radius 2 is 2.19 bits per heavy atom. The van der Waals surface area contributed by atoms with Gasteiger partial charge in [0.25, 0.3) is 0 Å². The highest BCUT2D eigenvalue weighted by molar-refractivity contribution is 7.14. The summed E-state index contributed by atoms with van der Waals surface area (Å²) in [6.07, 6.45) is 0.567. The van der Waals surface area contributed by atoms with E-state index in [9.17, 15) is 9.59 Å². The van der Waals surface area contributed by atoms with Gasteiger partial charge in [0.1, 0.15) is 0 Å². The fourth-order valence-corrected chi connectivity index (χ4v) is 2.35. The van der Waals surface area contributed by atoms with E-state index in [0.717, 1.165) is 11.1 Å². The van der Waals surface area contributed by atoms with Crippen molar-refractivity contribution in [3.8, 4) is 5.88 Å². The van der Waals surface area contributed by atoms with Gasteiger partial charge in [-0.2, -0.15) is 4.98 Å². The molecular weight excluding hydrogens is 288 g/mol. The molecule has 1 aromatic carbocycles. The molecule has 0 aliphatic heterocycles. The lowest BCUT2D eigenvalue weighted by Gasteiger charge is -2.03. The molecule has 0 aliphatic carbocycles. The van der Waals surface area contributed by atoms with Crippen molar-refractivity contribution >= 4 is 28.3 Å². The van der Waals surface area contributed by atoms with Crippen LogP contribution in [0.15, 0.2) is 29.6 Å². The van der Waals surface area contributed by atoms with Crippen LogP contribution in [-0.4, -0.2) is 16.9 Å². The van der Waals surface area contributed by atoms with Crippen molar-refractivity contribution in [3.05, 3.63) is 40.8 Å². The van der Waals surface area contributed by atoms with Crippen LogP contribution in [0.2, 0.25) is 0 Å². The fraction of sp³-hybridized carbons (Fsp3) is 0.267. The van der Waals surface area contributed by atoms with E-state index in [1.54, 1.807) is 12.3 Å². The molecule has 1 aromatic heterocycles. The molecule has 0 spiro atoms. The fourth-order valence-electron chi connectivity index (χ4n) is 1.72. The van der Waals surface area contributed by atoms with Crippen LogP contribution < -0.4 is 10.1 Å². The molecule has 2 aromatic rings. The molecule has 0 saturated heterocycles. The zero-order valence-corrected chi connectivity index (χ0v) is 12.7. The summed E-state index contributed by atoms with van der Waals surface area (Å²) >= 11 is 1.22. The molecule has 0 atom stereocenters. The van der Waals surface area contributed by atoms with Gasteiger partial charge in [-0.25, -0.2) is 0 Å². The van der Waals surface area contributed by atoms with Crippen LogP contribution in [0.25, 0.3) is 0 Å². The topological polar surface area (TPSA) is 68.3 Å². The van der Waals surface area contributed by atoms with Gasteiger partial charge in [-0.15, -0.1) is 11.3 Å². The third kappa shape index (κ3) is 4.68. The number of thiazole rings is 1. The van der Waals surface area contributed by atoms with Gasteiger partial charge in [0.05, 0.1) is 11.8 Å². The molecule has 6 heteroatoms. The van der Waals surface area contributed by atoms with Gasteiger partial charge < -0.3 is 10.1 Å². The summed E-state index contributed by atoms with van der Waals surface area (Å²) in [6.45, 7) is 3.69. The van der Waals surface area contributed by atoms with Gasteiger partial charge in [-0.1, -0.05) is 36.8 Å². The maximum Gasteiger partial charge on any atom is 0.312 e. The number of amides is 1. The summed E-state index contributed by atoms with van der Waals surface area (Å²) in [5.41, 5.74) is 2.06. The maximum absolute atomic E-state index is 11.9. The largest absolute Gasteiger partial charge is 0.406 e. The highest BCUT2D eigenvalue weighted by atomic mass is 32.1. The predicted molar refractivity (Wildman–Crippen MR) is 81.6 cm³/mol. The minimum Gasteiger partial charge on any atom is -0.406 e. The maximum atomic E-state index is 11.9. The molecule has 1 amide bonds. The van der Waals surface area contributed by atoms with Crippen LogP contribution >= 0.6 is 11.3 Å². The average Bonchev–Trinajstić information content (AvgIpc) is 2.85. The number of ether oxygens (including phenoxy) is 1. The van der Waals surface area contributed by atoms with E-state index < -0.39 is 0 Å². The van der Waals surface area contributed by atoms with Crippen molar-refractivity contribution < 1.29 is 14.3 Å². The first-order chi connectivity index (χ1) is 10.1. The minimum absolute atomic E-state index is 0.150. The second-order valence-electron chi connectivity index (χ2n) is 4.53. The quantitative estimate of drug-likeness (QED) is 0.862. The van der Waals surface area contributed by atoms with E-state index in [4.69, 9.17) is 4.74 Å². The number of hydrogen-bond acceptors (Lipinski definition) is 5. The van der Waals surface area contributed by atoms with Crippen molar-refractivity contribution in [2.75, 3.05) is 5.32 Å². The lowest BCUT2D eigenvalue weighted by molar-refractivity contribution is -0.134. The van der Waals surface area contributed by atoms with E-state index in [0.29, 0.717) is 5.13 Å². The van der Waals surface area contributed by atoms with Gasteiger partial charge >= 0.3 is 5.97 Å². The van der Waals surface area contributed by atoms with Gasteiger partial charge in [0, 0.05) is 6.42 Å². The van der Waals surface area contributed by atoms with Crippen LogP contribution in [0.5, 0.6) is 5.88 Å². The number of aromatic nitrogens is 1. The van der Waals surface area contributed by atoms with Crippen LogP contribution in [0.3, 0.4) is 0 Å². The molecular formula is C15H16N2O3S. The van der Waals surface area contributed by atoms with E-state index >= 15 is 0 Å². The summed E-state index contributed by atoms with van der Waals surface area (Å²) < 4.78 is 4.97. The first-order valence-electron chi connectivity index (χ1n) is 6.58. The number of esters is 1. The number of hydrogen-bond donors (Lipinski definition) is 1. The average molecular weight is 304 g/mol. The third-order valence-electron chi connectivity index (χ3n) is 2.68. The number of rotatable bonds is 5. The Hall–Kier alpha value is -2.21. The zero-order valence-electron chi connectivity index (χ0n) is 11.9. The first kappa shape index (κ1) is 15.2. The molecule has 5 nitrogen and oxygen atoms in total. The number of aryl methyl sites for hydroxylation is 1. The van der Waals surface area contributed by atoms with Crippen LogP contribution in [0.1, 0.15) is 24.5 Å². The van der Waals surface area contributed by atoms with Crippen molar-refractivity contribution in [1.29, 1.82) is 0 Å². The van der Waals surface area contributed by atoms with E-state index in [1.807, 2.05) is 31.2 Å². The molecule has 0 radical (unpaired) electrons. The minimum atomic E-state index is -0.349. The Morgan fingerprint density at radius 1 is 1.38 bits per heavy atom. The van der Waals surface area contributed by atoms with Gasteiger partial charge in [-0.3, -0.25) is 9.59 Å². The lowest BCUT2D eigenvalue weighted by Crippen LogP contribution is -2.14. The number of benzene rings is 1. The highest BCUT2D eigenvalue weighted by Crippen LogP contribution is 2.21. The van der Waals surface area contributed by atoms with Crippen LogP contribution in [0.4, 0.5) is 5.13 Å². The molecule has 0 unspecified atom stereocenters. The summed E-state index contributed by atoms with van der Waals surface area (Å²) in [7, 11) is 0. The second kappa shape index (κ2) is 6.99. The van der Waals surface area contributed by atoms with Crippen molar-refractivity contribution in [1.82, 2.24) is 4.98 Å². The molecule has 0 fully saturated rings. The monoisotopic (exact) mass is 304 g/mol. The Bertz CT molecular complexity index is 652. The molecule has 21 heavy (non-hydrogen) atoms. The molecule has 0 saturated carbocycles. The molecule has 2 rings (SSSR count). The normalized spacial score (nSPS) is 10.2. The molecule has 0 bridgehead atoms. The summed E-state index contributed by atoms with van der Waals surface area (Å²) in [5.74, 6) is -0.279. The highest BCUT2D eigenvalue weighted by Gasteiger charge is 2.10. The number of carbonyl (C=O) groups excluding carboxylic acids is 2. The number of carbonyl (C=O) groups is 2. The first-order valence-corrected chi connectivity index (χ1v) is 7.46. The molecule has 0 aliphatic rings. The Kier molecular flexibility index (Phi) is 5.05. The van der Waals surface area contributed by atoms with Crippen molar-refractivity contribution in [2.24, 2.45) is 0 Å². The molecule has 1 heterocycles. The Balaban J connectivity index is 1.92. The van der Waals surface area contributed by atoms with Crippen molar-refractivity contribution in [3.63, 3.8) is 0 Å². The second-order valence-corrected chi connectivity index (χ2v) is 5.39. The Morgan fingerprint density at radius 3 is 2.90 bits per heavy atom. The third-order valence-corrected chi connectivity index (χ3v) is 3.42. The van der Waals surface area contributed by atoms with Gasteiger partial charge in [-0.05, 0) is 12.5 Å². The molecule has 110 valence electrons. The van der Waals surface area contributed by atoms with Gasteiger partial charge in [0.2, 0.25) is 11.8 Å². The van der Waals surface area contributed by atoms with E-state index in [1.165, 1.54) is 11.3 Å². The number of nitrogens with one attached hydrogen (secondary N) is 1. The standard InChI is InChI=1S/C15H16N2O3S/c1-3-14(19)20-13-9-21-15(17-13)16-12(18)8-11-6-4-5-10(2)7-11/h4-7,9H,3,8H2,1-2H3,(H,16,17,18). The number of anilines is 1. The molecule has 1 N–H and O–H groups in total. The lowest BCUT2D eigenvalue weighted by atomic mass is 10.1. The Labute approximate surface area is 127 Å². The van der Waals surface area contributed by atoms with Crippen LogP contribution in [0, 0.1) is 6.92 Å². The smallest absolute Gasteiger partial charge is 0.312 e. The van der Waals surface area contributed by atoms with Crippen LogP contribution in [-0.2, 0) is 16.0 Å². The number of nitrogens with zero attached hydrogens (tertiary/aromatic N) is 1. The van der Waals surface area contributed by atoms with Gasteiger partial charge in [0.15, 0.2) is 5.13 Å².